The van der Waals surface area contributed by atoms with Crippen LogP contribution in [-0.2, 0) is 11.3 Å². The number of fused-ring (bicyclic) bond motifs is 1. The number of carbonyl (C=O) groups excluding carboxylic acids is 1. The molecule has 0 spiro atoms. The van der Waals surface area contributed by atoms with Gasteiger partial charge in [-0.15, -0.1) is 0 Å². The summed E-state index contributed by atoms with van der Waals surface area (Å²) in [6, 6.07) is 14.7. The second-order valence-corrected chi connectivity index (χ2v) is 7.11. The molecule has 3 rings (SSSR count). The van der Waals surface area contributed by atoms with Crippen molar-refractivity contribution in [3.63, 3.8) is 0 Å². The number of rotatable bonds is 7. The highest BCUT2D eigenvalue weighted by atomic mass is 35.5. The maximum absolute atomic E-state index is 12.5. The fraction of sp³-hybridized carbons (Fsp3) is 0.300. The summed E-state index contributed by atoms with van der Waals surface area (Å²) in [6.07, 6.45) is 0.175. The molecule has 1 aromatic heterocycles. The van der Waals surface area contributed by atoms with Crippen LogP contribution in [0.1, 0.15) is 18.0 Å². The number of oxazole rings is 1. The quantitative estimate of drug-likeness (QED) is 0.676. The minimum absolute atomic E-state index is 0.120. The van der Waals surface area contributed by atoms with Crippen LogP contribution in [0.4, 0.5) is 0 Å². The van der Waals surface area contributed by atoms with Gasteiger partial charge in [0, 0.05) is 30.6 Å². The zero-order chi connectivity index (χ0) is 19.4. The fourth-order valence-corrected chi connectivity index (χ4v) is 3.18. The number of nitrogens with one attached hydrogen (secondary N) is 1. The van der Waals surface area contributed by atoms with E-state index in [-0.39, 0.29) is 24.9 Å². The van der Waals surface area contributed by atoms with E-state index >= 15 is 0 Å². The second kappa shape index (κ2) is 8.41. The Morgan fingerprint density at radius 1 is 1.22 bits per heavy atom. The highest BCUT2D eigenvalue weighted by Gasteiger charge is 2.16. The third-order valence-corrected chi connectivity index (χ3v) is 4.51. The van der Waals surface area contributed by atoms with Gasteiger partial charge in [0.2, 0.25) is 5.91 Å². The summed E-state index contributed by atoms with van der Waals surface area (Å²) in [5.74, 6) is -0.617. The van der Waals surface area contributed by atoms with Crippen molar-refractivity contribution in [2.45, 2.75) is 19.0 Å². The Labute approximate surface area is 162 Å². The molecule has 7 heteroatoms. The van der Waals surface area contributed by atoms with Crippen LogP contribution in [0.3, 0.4) is 0 Å². The van der Waals surface area contributed by atoms with E-state index in [0.29, 0.717) is 22.7 Å². The normalized spacial score (nSPS) is 12.4. The van der Waals surface area contributed by atoms with E-state index in [0.717, 1.165) is 5.56 Å². The Morgan fingerprint density at radius 3 is 2.67 bits per heavy atom. The molecule has 0 saturated carbocycles. The van der Waals surface area contributed by atoms with Gasteiger partial charge in [-0.3, -0.25) is 9.36 Å². The van der Waals surface area contributed by atoms with Gasteiger partial charge in [0.25, 0.3) is 0 Å². The number of nitrogens with zero attached hydrogens (tertiary/aromatic N) is 2. The third-order valence-electron chi connectivity index (χ3n) is 4.28. The van der Waals surface area contributed by atoms with Crippen LogP contribution in [0.25, 0.3) is 11.1 Å². The average Bonchev–Trinajstić information content (AvgIpc) is 2.94. The zero-order valence-electron chi connectivity index (χ0n) is 15.3. The van der Waals surface area contributed by atoms with Gasteiger partial charge in [-0.1, -0.05) is 41.9 Å². The molecule has 27 heavy (non-hydrogen) atoms. The summed E-state index contributed by atoms with van der Waals surface area (Å²) >= 11 is 5.93. The predicted molar refractivity (Wildman–Crippen MR) is 106 cm³/mol. The number of benzene rings is 2. The minimum Gasteiger partial charge on any atom is -0.408 e. The topological polar surface area (TPSA) is 67.5 Å². The molecule has 0 saturated heterocycles. The lowest BCUT2D eigenvalue weighted by Crippen LogP contribution is -2.36. The van der Waals surface area contributed by atoms with Crippen LogP contribution < -0.4 is 11.1 Å². The highest BCUT2D eigenvalue weighted by Crippen LogP contribution is 2.19. The first-order valence-electron chi connectivity index (χ1n) is 8.72. The average molecular weight is 388 g/mol. The molecule has 1 N–H and O–H groups in total. The summed E-state index contributed by atoms with van der Waals surface area (Å²) in [4.78, 5) is 26.6. The van der Waals surface area contributed by atoms with Crippen molar-refractivity contribution in [3.05, 3.63) is 69.7 Å². The van der Waals surface area contributed by atoms with Crippen LogP contribution in [0.15, 0.2) is 57.7 Å². The molecule has 142 valence electrons. The Hall–Kier alpha value is -2.57. The number of likely N-dealkylation sites (N-methyl/N-ethyl adjacent to an activating group) is 1. The number of aryl methyl sites for hydroxylation is 1. The molecule has 0 aliphatic carbocycles. The number of halogens is 1. The molecule has 0 bridgehead atoms. The van der Waals surface area contributed by atoms with Gasteiger partial charge in [0.05, 0.1) is 11.6 Å². The van der Waals surface area contributed by atoms with E-state index in [4.69, 9.17) is 16.0 Å². The Bertz CT molecular complexity index is 979. The van der Waals surface area contributed by atoms with E-state index in [1.54, 1.807) is 18.2 Å². The Kier molecular flexibility index (Phi) is 5.98. The molecular weight excluding hydrogens is 366 g/mol. The zero-order valence-corrected chi connectivity index (χ0v) is 16.1. The molecule has 0 fully saturated rings. The van der Waals surface area contributed by atoms with Crippen molar-refractivity contribution < 1.29 is 9.21 Å². The van der Waals surface area contributed by atoms with Crippen LogP contribution >= 0.6 is 11.6 Å². The van der Waals surface area contributed by atoms with Crippen molar-refractivity contribution in [2.75, 3.05) is 20.6 Å². The summed E-state index contributed by atoms with van der Waals surface area (Å²) in [5, 5.41) is 3.55. The largest absolute Gasteiger partial charge is 0.419 e. The van der Waals surface area contributed by atoms with Gasteiger partial charge in [0.1, 0.15) is 0 Å². The molecule has 0 aliphatic rings. The standard InChI is InChI=1S/C20H22ClN3O3/c1-23(2)13-16(14-6-4-3-5-7-14)22-19(25)10-11-24-17-9-8-15(21)12-18(17)27-20(24)26/h3-9,12,16H,10-11,13H2,1-2H3,(H,22,25)/t16-/m0/s1. The van der Waals surface area contributed by atoms with Crippen molar-refractivity contribution in [2.24, 2.45) is 0 Å². The van der Waals surface area contributed by atoms with Crippen molar-refractivity contribution >= 4 is 28.6 Å². The van der Waals surface area contributed by atoms with Crippen molar-refractivity contribution in [1.29, 1.82) is 0 Å². The Morgan fingerprint density at radius 2 is 1.96 bits per heavy atom. The molecule has 0 unspecified atom stereocenters. The molecule has 1 amide bonds. The number of aromatic nitrogens is 1. The maximum atomic E-state index is 12.5. The van der Waals surface area contributed by atoms with Crippen molar-refractivity contribution in [1.82, 2.24) is 14.8 Å². The van der Waals surface area contributed by atoms with E-state index in [2.05, 4.69) is 5.32 Å². The lowest BCUT2D eigenvalue weighted by molar-refractivity contribution is -0.122. The first-order chi connectivity index (χ1) is 12.9. The number of amides is 1. The van der Waals surface area contributed by atoms with Crippen LogP contribution in [0.2, 0.25) is 5.02 Å². The van der Waals surface area contributed by atoms with E-state index in [1.807, 2.05) is 49.3 Å². The van der Waals surface area contributed by atoms with Crippen LogP contribution in [0.5, 0.6) is 0 Å². The van der Waals surface area contributed by atoms with Gasteiger partial charge in [0.15, 0.2) is 5.58 Å². The SMILES string of the molecule is CN(C)C[C@H](NC(=O)CCn1c(=O)oc2cc(Cl)ccc21)c1ccccc1. The second-order valence-electron chi connectivity index (χ2n) is 6.67. The monoisotopic (exact) mass is 387 g/mol. The van der Waals surface area contributed by atoms with Crippen molar-refractivity contribution in [3.8, 4) is 0 Å². The minimum atomic E-state index is -0.493. The van der Waals surface area contributed by atoms with E-state index < -0.39 is 5.76 Å². The molecule has 0 radical (unpaired) electrons. The summed E-state index contributed by atoms with van der Waals surface area (Å²) in [7, 11) is 3.93. The van der Waals surface area contributed by atoms with Crippen LogP contribution in [-0.4, -0.2) is 36.0 Å². The maximum Gasteiger partial charge on any atom is 0.419 e. The molecule has 6 nitrogen and oxygen atoms in total. The van der Waals surface area contributed by atoms with Gasteiger partial charge in [-0.2, -0.15) is 0 Å². The molecule has 3 aromatic rings. The predicted octanol–water partition coefficient (Wildman–Crippen LogP) is 3.06. The first-order valence-corrected chi connectivity index (χ1v) is 9.10. The summed E-state index contributed by atoms with van der Waals surface area (Å²) in [5.41, 5.74) is 2.09. The van der Waals surface area contributed by atoms with Gasteiger partial charge >= 0.3 is 5.76 Å². The summed E-state index contributed by atoms with van der Waals surface area (Å²) < 4.78 is 6.65. The highest BCUT2D eigenvalue weighted by molar-refractivity contribution is 6.31. The molecule has 0 aliphatic heterocycles. The lowest BCUT2D eigenvalue weighted by Gasteiger charge is -2.23. The molecule has 1 atom stereocenters. The lowest BCUT2D eigenvalue weighted by atomic mass is 10.1. The van der Waals surface area contributed by atoms with Gasteiger partial charge in [-0.25, -0.2) is 4.79 Å². The molecule has 1 heterocycles. The van der Waals surface area contributed by atoms with Gasteiger partial charge < -0.3 is 14.6 Å². The number of carbonyl (C=O) groups is 1. The van der Waals surface area contributed by atoms with Crippen LogP contribution in [0, 0.1) is 0 Å². The Balaban J connectivity index is 1.70. The number of hydrogen-bond acceptors (Lipinski definition) is 4. The molecule has 2 aromatic carbocycles. The van der Waals surface area contributed by atoms with Gasteiger partial charge in [-0.05, 0) is 31.8 Å². The van der Waals surface area contributed by atoms with E-state index in [1.165, 1.54) is 4.57 Å². The molecular formula is C20H22ClN3O3. The number of hydrogen-bond donors (Lipinski definition) is 1. The summed E-state index contributed by atoms with van der Waals surface area (Å²) in [6.45, 7) is 0.922. The first kappa shape index (κ1) is 19.2. The smallest absolute Gasteiger partial charge is 0.408 e. The van der Waals surface area contributed by atoms with E-state index in [9.17, 15) is 9.59 Å². The third kappa shape index (κ3) is 4.78. The fourth-order valence-electron chi connectivity index (χ4n) is 3.02.